The second-order valence-corrected chi connectivity index (χ2v) is 2.84. The van der Waals surface area contributed by atoms with E-state index in [0.717, 1.165) is 13.0 Å². The molecule has 0 aromatic carbocycles. The molecule has 3 nitrogen and oxygen atoms in total. The molecule has 11 heavy (non-hydrogen) atoms. The Labute approximate surface area is 68.0 Å². The van der Waals surface area contributed by atoms with Crippen LogP contribution in [0.25, 0.3) is 0 Å². The van der Waals surface area contributed by atoms with Gasteiger partial charge in [0.05, 0.1) is 12.5 Å². The number of amides is 1. The lowest BCUT2D eigenvalue weighted by molar-refractivity contribution is -0.134. The van der Waals surface area contributed by atoms with E-state index in [1.54, 1.807) is 18.9 Å². The fourth-order valence-electron chi connectivity index (χ4n) is 0.900. The standard InChI is InChI=1S/C8H17NO2/c1-4-5-9(3)8(11)7(2)6-10/h7,10H,4-6H2,1-3H3. The Bertz CT molecular complexity index is 125. The van der Waals surface area contributed by atoms with Gasteiger partial charge in [-0.25, -0.2) is 0 Å². The average Bonchev–Trinajstić information content (AvgIpc) is 2.02. The zero-order valence-corrected chi connectivity index (χ0v) is 7.50. The molecule has 1 amide bonds. The molecule has 0 bridgehead atoms. The Hall–Kier alpha value is -0.570. The third-order valence-electron chi connectivity index (χ3n) is 1.63. The minimum Gasteiger partial charge on any atom is -0.396 e. The second kappa shape index (κ2) is 5.13. The van der Waals surface area contributed by atoms with Crippen LogP contribution in [0.15, 0.2) is 0 Å². The Balaban J connectivity index is 3.81. The highest BCUT2D eigenvalue weighted by Gasteiger charge is 2.14. The molecule has 0 aliphatic carbocycles. The van der Waals surface area contributed by atoms with Crippen molar-refractivity contribution in [3.63, 3.8) is 0 Å². The summed E-state index contributed by atoms with van der Waals surface area (Å²) in [6.45, 7) is 4.46. The number of rotatable bonds is 4. The van der Waals surface area contributed by atoms with Gasteiger partial charge in [-0.15, -0.1) is 0 Å². The normalized spacial score (nSPS) is 12.7. The van der Waals surface area contributed by atoms with Gasteiger partial charge in [0.25, 0.3) is 0 Å². The summed E-state index contributed by atoms with van der Waals surface area (Å²) in [5, 5.41) is 8.67. The van der Waals surface area contributed by atoms with E-state index < -0.39 is 0 Å². The molecule has 0 heterocycles. The first-order valence-corrected chi connectivity index (χ1v) is 3.99. The van der Waals surface area contributed by atoms with Gasteiger partial charge < -0.3 is 10.0 Å². The quantitative estimate of drug-likeness (QED) is 0.648. The highest BCUT2D eigenvalue weighted by molar-refractivity contribution is 5.78. The molecule has 3 heteroatoms. The van der Waals surface area contributed by atoms with Crippen LogP contribution in [-0.2, 0) is 4.79 Å². The lowest BCUT2D eigenvalue weighted by Gasteiger charge is -2.19. The summed E-state index contributed by atoms with van der Waals surface area (Å²) < 4.78 is 0. The Morgan fingerprint density at radius 1 is 1.64 bits per heavy atom. The van der Waals surface area contributed by atoms with Crippen LogP contribution >= 0.6 is 0 Å². The van der Waals surface area contributed by atoms with Crippen molar-refractivity contribution >= 4 is 5.91 Å². The summed E-state index contributed by atoms with van der Waals surface area (Å²) >= 11 is 0. The van der Waals surface area contributed by atoms with Crippen molar-refractivity contribution in [1.82, 2.24) is 4.90 Å². The molecule has 0 radical (unpaired) electrons. The first kappa shape index (κ1) is 10.4. The van der Waals surface area contributed by atoms with Gasteiger partial charge >= 0.3 is 0 Å². The third kappa shape index (κ3) is 3.37. The minimum atomic E-state index is -0.258. The van der Waals surface area contributed by atoms with Crippen LogP contribution in [0.2, 0.25) is 0 Å². The summed E-state index contributed by atoms with van der Waals surface area (Å²) in [7, 11) is 1.76. The number of carbonyl (C=O) groups excluding carboxylic acids is 1. The van der Waals surface area contributed by atoms with Crippen molar-refractivity contribution in [2.75, 3.05) is 20.2 Å². The van der Waals surface area contributed by atoms with E-state index in [2.05, 4.69) is 0 Å². The number of nitrogens with zero attached hydrogens (tertiary/aromatic N) is 1. The molecule has 0 aliphatic rings. The number of aliphatic hydroxyl groups excluding tert-OH is 1. The van der Waals surface area contributed by atoms with E-state index in [1.807, 2.05) is 6.92 Å². The van der Waals surface area contributed by atoms with Crippen LogP contribution in [0.5, 0.6) is 0 Å². The molecule has 0 fully saturated rings. The Kier molecular flexibility index (Phi) is 4.86. The molecule has 0 saturated carbocycles. The Morgan fingerprint density at radius 2 is 2.18 bits per heavy atom. The van der Waals surface area contributed by atoms with Crippen molar-refractivity contribution in [3.8, 4) is 0 Å². The minimum absolute atomic E-state index is 0.0225. The fourth-order valence-corrected chi connectivity index (χ4v) is 0.900. The molecule has 1 N–H and O–H groups in total. The van der Waals surface area contributed by atoms with Crippen molar-refractivity contribution in [2.45, 2.75) is 20.3 Å². The highest BCUT2D eigenvalue weighted by Crippen LogP contribution is 1.99. The lowest BCUT2D eigenvalue weighted by atomic mass is 10.2. The molecule has 0 aromatic rings. The van der Waals surface area contributed by atoms with E-state index in [9.17, 15) is 4.79 Å². The van der Waals surface area contributed by atoms with Crippen molar-refractivity contribution < 1.29 is 9.90 Å². The smallest absolute Gasteiger partial charge is 0.227 e. The van der Waals surface area contributed by atoms with Gasteiger partial charge in [0.1, 0.15) is 0 Å². The topological polar surface area (TPSA) is 40.5 Å². The maximum atomic E-state index is 11.2. The molecule has 0 aliphatic heterocycles. The first-order chi connectivity index (χ1) is 5.13. The molecule has 0 aromatic heterocycles. The Morgan fingerprint density at radius 3 is 2.55 bits per heavy atom. The maximum absolute atomic E-state index is 11.2. The number of hydrogen-bond acceptors (Lipinski definition) is 2. The lowest BCUT2D eigenvalue weighted by Crippen LogP contribution is -2.33. The summed E-state index contributed by atoms with van der Waals surface area (Å²) in [6.07, 6.45) is 0.959. The van der Waals surface area contributed by atoms with Gasteiger partial charge in [-0.3, -0.25) is 4.79 Å². The monoisotopic (exact) mass is 159 g/mol. The van der Waals surface area contributed by atoms with E-state index in [0.29, 0.717) is 0 Å². The van der Waals surface area contributed by atoms with Crippen LogP contribution in [0.3, 0.4) is 0 Å². The number of aliphatic hydroxyl groups is 1. The van der Waals surface area contributed by atoms with E-state index >= 15 is 0 Å². The van der Waals surface area contributed by atoms with Crippen LogP contribution in [0, 0.1) is 5.92 Å². The van der Waals surface area contributed by atoms with Crippen molar-refractivity contribution in [3.05, 3.63) is 0 Å². The summed E-state index contributed by atoms with van der Waals surface area (Å²) in [5.41, 5.74) is 0. The summed E-state index contributed by atoms with van der Waals surface area (Å²) in [6, 6.07) is 0. The van der Waals surface area contributed by atoms with Gasteiger partial charge in [-0.1, -0.05) is 13.8 Å². The van der Waals surface area contributed by atoms with Crippen LogP contribution in [0.4, 0.5) is 0 Å². The van der Waals surface area contributed by atoms with Gasteiger partial charge in [0.2, 0.25) is 5.91 Å². The summed E-state index contributed by atoms with van der Waals surface area (Å²) in [5.74, 6) is -0.235. The van der Waals surface area contributed by atoms with Crippen LogP contribution in [-0.4, -0.2) is 36.1 Å². The molecule has 1 atom stereocenters. The van der Waals surface area contributed by atoms with Crippen LogP contribution in [0.1, 0.15) is 20.3 Å². The van der Waals surface area contributed by atoms with E-state index in [4.69, 9.17) is 5.11 Å². The van der Waals surface area contributed by atoms with Gasteiger partial charge in [0, 0.05) is 13.6 Å². The van der Waals surface area contributed by atoms with Crippen molar-refractivity contribution in [2.24, 2.45) is 5.92 Å². The van der Waals surface area contributed by atoms with Gasteiger partial charge in [0.15, 0.2) is 0 Å². The van der Waals surface area contributed by atoms with E-state index in [-0.39, 0.29) is 18.4 Å². The fraction of sp³-hybridized carbons (Fsp3) is 0.875. The van der Waals surface area contributed by atoms with Gasteiger partial charge in [-0.2, -0.15) is 0 Å². The molecule has 0 spiro atoms. The third-order valence-corrected chi connectivity index (χ3v) is 1.63. The zero-order valence-electron chi connectivity index (χ0n) is 7.50. The maximum Gasteiger partial charge on any atom is 0.227 e. The predicted molar refractivity (Wildman–Crippen MR) is 44.2 cm³/mol. The predicted octanol–water partition coefficient (Wildman–Crippen LogP) is 0.483. The SMILES string of the molecule is CCCN(C)C(=O)C(C)CO. The second-order valence-electron chi connectivity index (χ2n) is 2.84. The molecular weight excluding hydrogens is 142 g/mol. The molecule has 1 unspecified atom stereocenters. The molecule has 66 valence electrons. The first-order valence-electron chi connectivity index (χ1n) is 3.99. The van der Waals surface area contributed by atoms with Gasteiger partial charge in [-0.05, 0) is 6.42 Å². The zero-order chi connectivity index (χ0) is 8.85. The summed E-state index contributed by atoms with van der Waals surface area (Å²) in [4.78, 5) is 12.9. The molecular formula is C8H17NO2. The highest BCUT2D eigenvalue weighted by atomic mass is 16.3. The number of carbonyl (C=O) groups is 1. The average molecular weight is 159 g/mol. The van der Waals surface area contributed by atoms with E-state index in [1.165, 1.54) is 0 Å². The molecule has 0 rings (SSSR count). The molecule has 0 saturated heterocycles. The van der Waals surface area contributed by atoms with Crippen LogP contribution < -0.4 is 0 Å². The largest absolute Gasteiger partial charge is 0.396 e. The number of hydrogen-bond donors (Lipinski definition) is 1. The van der Waals surface area contributed by atoms with Crippen molar-refractivity contribution in [1.29, 1.82) is 0 Å².